The molecule has 0 bridgehead atoms. The second kappa shape index (κ2) is 7.77. The summed E-state index contributed by atoms with van der Waals surface area (Å²) in [6, 6.07) is 8.30. The number of benzene rings is 1. The summed E-state index contributed by atoms with van der Waals surface area (Å²) in [5, 5.41) is 3.36. The Bertz CT molecular complexity index is 810. The van der Waals surface area contributed by atoms with Crippen LogP contribution in [0.4, 0.5) is 0 Å². The Labute approximate surface area is 161 Å². The monoisotopic (exact) mass is 364 g/mol. The average molecular weight is 364 g/mol. The largest absolute Gasteiger partial charge is 0.342 e. The smallest absolute Gasteiger partial charge is 0.229 e. The maximum absolute atomic E-state index is 12.9. The molecule has 2 aliphatic heterocycles. The van der Waals surface area contributed by atoms with Crippen LogP contribution in [0.3, 0.4) is 0 Å². The number of carbonyl (C=O) groups is 1. The van der Waals surface area contributed by atoms with Crippen molar-refractivity contribution in [2.45, 2.75) is 51.5 Å². The molecule has 5 heteroatoms. The number of aromatic nitrogens is 2. The summed E-state index contributed by atoms with van der Waals surface area (Å²) in [4.78, 5) is 24.4. The fraction of sp³-hybridized carbons (Fsp3) is 0.500. The minimum Gasteiger partial charge on any atom is -0.342 e. The predicted molar refractivity (Wildman–Crippen MR) is 106 cm³/mol. The third-order valence-corrected chi connectivity index (χ3v) is 5.95. The molecule has 0 radical (unpaired) electrons. The van der Waals surface area contributed by atoms with Crippen LogP contribution in [0, 0.1) is 6.92 Å². The van der Waals surface area contributed by atoms with Crippen LogP contribution in [0.15, 0.2) is 30.5 Å². The molecule has 5 nitrogen and oxygen atoms in total. The Balaban J connectivity index is 1.38. The van der Waals surface area contributed by atoms with E-state index in [2.05, 4.69) is 41.5 Å². The standard InChI is InChI=1S/C22H28N4O/c1-15-3-5-17(6-4-15)16(2)22(27)26-11-8-18(9-12-26)21-24-14-19-13-23-10-7-20(19)25-21/h3-6,14,16,18,23H,7-13H2,1-2H3/t16-/m0/s1. The maximum Gasteiger partial charge on any atom is 0.229 e. The van der Waals surface area contributed by atoms with Gasteiger partial charge in [0.25, 0.3) is 0 Å². The van der Waals surface area contributed by atoms with Crippen molar-refractivity contribution >= 4 is 5.91 Å². The number of likely N-dealkylation sites (tertiary alicyclic amines) is 1. The minimum absolute atomic E-state index is 0.0883. The third-order valence-electron chi connectivity index (χ3n) is 5.95. The topological polar surface area (TPSA) is 58.1 Å². The van der Waals surface area contributed by atoms with Gasteiger partial charge < -0.3 is 10.2 Å². The summed E-state index contributed by atoms with van der Waals surface area (Å²) in [6.07, 6.45) is 4.86. The second-order valence-electron chi connectivity index (χ2n) is 7.86. The zero-order chi connectivity index (χ0) is 18.8. The van der Waals surface area contributed by atoms with Crippen LogP contribution in [0.2, 0.25) is 0 Å². The van der Waals surface area contributed by atoms with Gasteiger partial charge in [0.15, 0.2) is 0 Å². The lowest BCUT2D eigenvalue weighted by Gasteiger charge is -2.33. The van der Waals surface area contributed by atoms with Gasteiger partial charge >= 0.3 is 0 Å². The number of aryl methyl sites for hydroxylation is 1. The van der Waals surface area contributed by atoms with Crippen molar-refractivity contribution in [1.29, 1.82) is 0 Å². The molecule has 0 saturated carbocycles. The quantitative estimate of drug-likeness (QED) is 0.910. The van der Waals surface area contributed by atoms with Crippen molar-refractivity contribution in [3.63, 3.8) is 0 Å². The minimum atomic E-state index is -0.0883. The fourth-order valence-electron chi connectivity index (χ4n) is 4.08. The first-order valence-electron chi connectivity index (χ1n) is 10.0. The van der Waals surface area contributed by atoms with Crippen molar-refractivity contribution in [1.82, 2.24) is 20.2 Å². The van der Waals surface area contributed by atoms with Gasteiger partial charge in [0, 0.05) is 56.0 Å². The first-order chi connectivity index (χ1) is 13.1. The van der Waals surface area contributed by atoms with Crippen LogP contribution in [-0.2, 0) is 17.8 Å². The number of fused-ring (bicyclic) bond motifs is 1. The van der Waals surface area contributed by atoms with Crippen LogP contribution in [0.1, 0.15) is 59.8 Å². The number of piperidine rings is 1. The zero-order valence-corrected chi connectivity index (χ0v) is 16.2. The molecule has 27 heavy (non-hydrogen) atoms. The van der Waals surface area contributed by atoms with E-state index in [-0.39, 0.29) is 11.8 Å². The molecule has 3 heterocycles. The number of nitrogens with zero attached hydrogens (tertiary/aromatic N) is 3. The van der Waals surface area contributed by atoms with Crippen LogP contribution in [0.5, 0.6) is 0 Å². The lowest BCUT2D eigenvalue weighted by atomic mass is 9.93. The highest BCUT2D eigenvalue weighted by Crippen LogP contribution is 2.28. The molecule has 0 aliphatic carbocycles. The highest BCUT2D eigenvalue weighted by molar-refractivity contribution is 5.83. The van der Waals surface area contributed by atoms with Crippen molar-refractivity contribution in [3.05, 3.63) is 58.7 Å². The van der Waals surface area contributed by atoms with E-state index in [1.54, 1.807) is 0 Å². The molecule has 142 valence electrons. The molecule has 1 amide bonds. The van der Waals surface area contributed by atoms with Crippen LogP contribution in [-0.4, -0.2) is 40.4 Å². The highest BCUT2D eigenvalue weighted by Gasteiger charge is 2.29. The molecular formula is C22H28N4O. The van der Waals surface area contributed by atoms with E-state index in [0.717, 1.165) is 56.8 Å². The van der Waals surface area contributed by atoms with Crippen molar-refractivity contribution in [2.75, 3.05) is 19.6 Å². The summed E-state index contributed by atoms with van der Waals surface area (Å²) < 4.78 is 0. The number of hydrogen-bond donors (Lipinski definition) is 1. The van der Waals surface area contributed by atoms with Crippen LogP contribution >= 0.6 is 0 Å². The van der Waals surface area contributed by atoms with E-state index in [4.69, 9.17) is 4.98 Å². The predicted octanol–water partition coefficient (Wildman–Crippen LogP) is 2.94. The molecule has 1 atom stereocenters. The molecule has 1 aromatic heterocycles. The van der Waals surface area contributed by atoms with Gasteiger partial charge in [-0.15, -0.1) is 0 Å². The number of amides is 1. The van der Waals surface area contributed by atoms with Gasteiger partial charge in [-0.25, -0.2) is 9.97 Å². The van der Waals surface area contributed by atoms with Gasteiger partial charge in [-0.05, 0) is 32.3 Å². The molecule has 1 N–H and O–H groups in total. The van der Waals surface area contributed by atoms with Crippen molar-refractivity contribution < 1.29 is 4.79 Å². The van der Waals surface area contributed by atoms with Crippen LogP contribution < -0.4 is 5.32 Å². The number of nitrogens with one attached hydrogen (secondary N) is 1. The Morgan fingerprint density at radius 1 is 1.22 bits per heavy atom. The number of rotatable bonds is 3. The number of carbonyl (C=O) groups excluding carboxylic acids is 1. The van der Waals surface area contributed by atoms with Gasteiger partial charge in [0.1, 0.15) is 5.82 Å². The molecular weight excluding hydrogens is 336 g/mol. The van der Waals surface area contributed by atoms with E-state index in [0.29, 0.717) is 5.92 Å². The fourth-order valence-corrected chi connectivity index (χ4v) is 4.08. The van der Waals surface area contributed by atoms with Gasteiger partial charge in [0.05, 0.1) is 5.92 Å². The Hall–Kier alpha value is -2.27. The van der Waals surface area contributed by atoms with Gasteiger partial charge in [-0.2, -0.15) is 0 Å². The van der Waals surface area contributed by atoms with E-state index in [1.807, 2.05) is 18.0 Å². The summed E-state index contributed by atoms with van der Waals surface area (Å²) >= 11 is 0. The molecule has 4 rings (SSSR count). The molecule has 0 spiro atoms. The number of hydrogen-bond acceptors (Lipinski definition) is 4. The first kappa shape index (κ1) is 18.1. The lowest BCUT2D eigenvalue weighted by Crippen LogP contribution is -2.40. The van der Waals surface area contributed by atoms with E-state index in [9.17, 15) is 4.79 Å². The summed E-state index contributed by atoms with van der Waals surface area (Å²) in [7, 11) is 0. The van der Waals surface area contributed by atoms with E-state index >= 15 is 0 Å². The van der Waals surface area contributed by atoms with Crippen molar-refractivity contribution in [3.8, 4) is 0 Å². The van der Waals surface area contributed by atoms with Gasteiger partial charge in [0.2, 0.25) is 5.91 Å². The summed E-state index contributed by atoms with van der Waals surface area (Å²) in [5.74, 6) is 1.47. The average Bonchev–Trinajstić information content (AvgIpc) is 2.73. The van der Waals surface area contributed by atoms with Crippen molar-refractivity contribution in [2.24, 2.45) is 0 Å². The Morgan fingerprint density at radius 3 is 2.70 bits per heavy atom. The Kier molecular flexibility index (Phi) is 5.21. The third kappa shape index (κ3) is 3.88. The molecule has 1 aromatic carbocycles. The Morgan fingerprint density at radius 2 is 1.96 bits per heavy atom. The molecule has 1 fully saturated rings. The highest BCUT2D eigenvalue weighted by atomic mass is 16.2. The summed E-state index contributed by atoms with van der Waals surface area (Å²) in [6.45, 7) is 7.54. The molecule has 0 unspecified atom stereocenters. The lowest BCUT2D eigenvalue weighted by molar-refractivity contribution is -0.133. The normalized spacial score (nSPS) is 18.8. The molecule has 1 saturated heterocycles. The second-order valence-corrected chi connectivity index (χ2v) is 7.86. The van der Waals surface area contributed by atoms with Gasteiger partial charge in [-0.3, -0.25) is 4.79 Å². The zero-order valence-electron chi connectivity index (χ0n) is 16.2. The molecule has 2 aliphatic rings. The first-order valence-corrected chi connectivity index (χ1v) is 10.0. The van der Waals surface area contributed by atoms with Crippen LogP contribution in [0.25, 0.3) is 0 Å². The van der Waals surface area contributed by atoms with E-state index in [1.165, 1.54) is 16.8 Å². The van der Waals surface area contributed by atoms with E-state index < -0.39 is 0 Å². The maximum atomic E-state index is 12.9. The summed E-state index contributed by atoms with van der Waals surface area (Å²) in [5.41, 5.74) is 4.74. The molecule has 2 aromatic rings. The van der Waals surface area contributed by atoms with Gasteiger partial charge in [-0.1, -0.05) is 29.8 Å². The SMILES string of the molecule is Cc1ccc([C@H](C)C(=O)N2CCC(c3ncc4c(n3)CCNC4)CC2)cc1.